The Bertz CT molecular complexity index is 1360. The molecule has 0 saturated carbocycles. The lowest BCUT2D eigenvalue weighted by Gasteiger charge is -2.36. The van der Waals surface area contributed by atoms with Crippen molar-refractivity contribution in [3.8, 4) is 0 Å². The standard InChI is InChI=1S/C25H27N9S/c1-17(18(2)32-26-3)20-7-8-21-24(29-20)35-25(30-21)31-22-16-19(9-11-27-22)33-12-14-34(15-13-33)23-6-4-5-10-28-23/h4-11,16,32H,3,12-15H2,1-2H3,(H,27,30,31)/b18-17+. The summed E-state index contributed by atoms with van der Waals surface area (Å²) >= 11 is 1.51. The number of rotatable bonds is 7. The van der Waals surface area contributed by atoms with Gasteiger partial charge in [-0.2, -0.15) is 5.10 Å². The molecule has 0 atom stereocenters. The van der Waals surface area contributed by atoms with Crippen LogP contribution in [-0.4, -0.2) is 52.8 Å². The minimum atomic E-state index is 0.763. The van der Waals surface area contributed by atoms with Gasteiger partial charge in [0.25, 0.3) is 0 Å². The average Bonchev–Trinajstić information content (AvgIpc) is 3.30. The number of nitrogens with zero attached hydrogens (tertiary/aromatic N) is 7. The summed E-state index contributed by atoms with van der Waals surface area (Å²) in [7, 11) is 0. The molecule has 0 amide bonds. The summed E-state index contributed by atoms with van der Waals surface area (Å²) in [6, 6.07) is 14.1. The Morgan fingerprint density at radius 1 is 0.971 bits per heavy atom. The van der Waals surface area contributed by atoms with E-state index in [4.69, 9.17) is 9.97 Å². The van der Waals surface area contributed by atoms with Crippen LogP contribution in [0.25, 0.3) is 15.9 Å². The average molecular weight is 486 g/mol. The van der Waals surface area contributed by atoms with Gasteiger partial charge < -0.3 is 15.1 Å². The van der Waals surface area contributed by atoms with Crippen molar-refractivity contribution in [2.75, 3.05) is 41.3 Å². The van der Waals surface area contributed by atoms with Crippen molar-refractivity contribution in [3.05, 3.63) is 66.2 Å². The van der Waals surface area contributed by atoms with Crippen molar-refractivity contribution < 1.29 is 0 Å². The van der Waals surface area contributed by atoms with Crippen LogP contribution in [-0.2, 0) is 0 Å². The normalized spacial score (nSPS) is 14.6. The lowest BCUT2D eigenvalue weighted by molar-refractivity contribution is 0.647. The quantitative estimate of drug-likeness (QED) is 0.292. The summed E-state index contributed by atoms with van der Waals surface area (Å²) < 4.78 is 0. The van der Waals surface area contributed by atoms with Crippen molar-refractivity contribution in [1.29, 1.82) is 0 Å². The van der Waals surface area contributed by atoms with Crippen LogP contribution in [0.2, 0.25) is 0 Å². The van der Waals surface area contributed by atoms with Crippen LogP contribution in [0, 0.1) is 0 Å². The number of piperazine rings is 1. The summed E-state index contributed by atoms with van der Waals surface area (Å²) in [6.45, 7) is 11.1. The number of hydrogen-bond acceptors (Lipinski definition) is 10. The molecular formula is C25H27N9S. The molecule has 0 radical (unpaired) electrons. The molecule has 35 heavy (non-hydrogen) atoms. The van der Waals surface area contributed by atoms with Crippen molar-refractivity contribution in [2.24, 2.45) is 5.10 Å². The first kappa shape index (κ1) is 22.7. The zero-order valence-electron chi connectivity index (χ0n) is 19.8. The van der Waals surface area contributed by atoms with Gasteiger partial charge in [-0.1, -0.05) is 17.4 Å². The minimum absolute atomic E-state index is 0.763. The van der Waals surface area contributed by atoms with E-state index in [0.29, 0.717) is 0 Å². The van der Waals surface area contributed by atoms with Gasteiger partial charge in [-0.05, 0) is 49.8 Å². The molecule has 0 spiro atoms. The Hall–Kier alpha value is -4.05. The summed E-state index contributed by atoms with van der Waals surface area (Å²) in [5.41, 5.74) is 7.68. The van der Waals surface area contributed by atoms with Gasteiger partial charge in [0.15, 0.2) is 5.13 Å². The monoisotopic (exact) mass is 485 g/mol. The van der Waals surface area contributed by atoms with Gasteiger partial charge in [-0.25, -0.2) is 19.9 Å². The second kappa shape index (κ2) is 10.1. The third-order valence-corrected chi connectivity index (χ3v) is 6.93. The first-order valence-corrected chi connectivity index (χ1v) is 12.2. The van der Waals surface area contributed by atoms with Gasteiger partial charge in [0.1, 0.15) is 22.0 Å². The van der Waals surface area contributed by atoms with E-state index in [2.05, 4.69) is 60.5 Å². The molecule has 1 fully saturated rings. The Labute approximate surface area is 208 Å². The Kier molecular flexibility index (Phi) is 6.53. The Morgan fingerprint density at radius 3 is 2.57 bits per heavy atom. The SMILES string of the molecule is C=NN/C(C)=C(\C)c1ccc2nc(Nc3cc(N4CCN(c5ccccn5)CC4)ccn3)sc2n1. The van der Waals surface area contributed by atoms with Crippen LogP contribution in [0.5, 0.6) is 0 Å². The predicted molar refractivity (Wildman–Crippen MR) is 145 cm³/mol. The molecule has 0 aromatic carbocycles. The molecule has 2 N–H and O–H groups in total. The van der Waals surface area contributed by atoms with Gasteiger partial charge in [-0.15, -0.1) is 0 Å². The van der Waals surface area contributed by atoms with E-state index in [0.717, 1.165) is 75.9 Å². The molecule has 178 valence electrons. The molecule has 0 unspecified atom stereocenters. The van der Waals surface area contributed by atoms with Crippen molar-refractivity contribution in [2.45, 2.75) is 13.8 Å². The van der Waals surface area contributed by atoms with Crippen LogP contribution in [0.1, 0.15) is 19.5 Å². The van der Waals surface area contributed by atoms with E-state index >= 15 is 0 Å². The lowest BCUT2D eigenvalue weighted by Crippen LogP contribution is -2.46. The highest BCUT2D eigenvalue weighted by Gasteiger charge is 2.19. The summed E-state index contributed by atoms with van der Waals surface area (Å²) in [5.74, 6) is 1.80. The minimum Gasteiger partial charge on any atom is -0.368 e. The second-order valence-corrected chi connectivity index (χ2v) is 9.22. The number of nitrogens with one attached hydrogen (secondary N) is 2. The van der Waals surface area contributed by atoms with Gasteiger partial charge in [0.05, 0.1) is 5.69 Å². The molecule has 4 aromatic rings. The molecule has 1 saturated heterocycles. The van der Waals surface area contributed by atoms with Gasteiger partial charge >= 0.3 is 0 Å². The maximum absolute atomic E-state index is 4.78. The highest BCUT2D eigenvalue weighted by atomic mass is 32.1. The fourth-order valence-corrected chi connectivity index (χ4v) is 4.85. The highest BCUT2D eigenvalue weighted by molar-refractivity contribution is 7.21. The van der Waals surface area contributed by atoms with Crippen molar-refractivity contribution in [1.82, 2.24) is 25.4 Å². The smallest absolute Gasteiger partial charge is 0.190 e. The molecule has 0 aliphatic carbocycles. The number of hydrazone groups is 1. The van der Waals surface area contributed by atoms with Crippen molar-refractivity contribution >= 4 is 56.4 Å². The summed E-state index contributed by atoms with van der Waals surface area (Å²) in [5, 5.41) is 7.86. The molecular weight excluding hydrogens is 458 g/mol. The largest absolute Gasteiger partial charge is 0.368 e. The number of hydrogen-bond donors (Lipinski definition) is 2. The van der Waals surface area contributed by atoms with E-state index in [9.17, 15) is 0 Å². The number of thiazole rings is 1. The van der Waals surface area contributed by atoms with Crippen LogP contribution < -0.4 is 20.5 Å². The van der Waals surface area contributed by atoms with Gasteiger partial charge in [0.2, 0.25) is 0 Å². The Balaban J connectivity index is 1.28. The fourth-order valence-electron chi connectivity index (χ4n) is 4.00. The number of fused-ring (bicyclic) bond motifs is 1. The summed E-state index contributed by atoms with van der Waals surface area (Å²) in [4.78, 5) is 24.0. The third kappa shape index (κ3) is 5.07. The first-order valence-electron chi connectivity index (χ1n) is 11.4. The van der Waals surface area contributed by atoms with E-state index in [-0.39, 0.29) is 0 Å². The summed E-state index contributed by atoms with van der Waals surface area (Å²) in [6.07, 6.45) is 3.68. The van der Waals surface area contributed by atoms with Gasteiger partial charge in [0, 0.05) is 62.7 Å². The van der Waals surface area contributed by atoms with Crippen LogP contribution >= 0.6 is 11.3 Å². The molecule has 10 heteroatoms. The number of aromatic nitrogens is 4. The molecule has 1 aliphatic rings. The fraction of sp³-hybridized carbons (Fsp3) is 0.240. The third-order valence-electron chi connectivity index (χ3n) is 6.05. The van der Waals surface area contributed by atoms with Crippen LogP contribution in [0.3, 0.4) is 0 Å². The van der Waals surface area contributed by atoms with Crippen LogP contribution in [0.15, 0.2) is 65.7 Å². The molecule has 4 aromatic heterocycles. The van der Waals surface area contributed by atoms with E-state index < -0.39 is 0 Å². The van der Waals surface area contributed by atoms with E-state index in [1.807, 2.05) is 50.5 Å². The molecule has 1 aliphatic heterocycles. The molecule has 5 heterocycles. The van der Waals surface area contributed by atoms with Gasteiger partial charge in [-0.3, -0.25) is 5.43 Å². The topological polar surface area (TPSA) is 94.5 Å². The predicted octanol–water partition coefficient (Wildman–Crippen LogP) is 4.51. The lowest BCUT2D eigenvalue weighted by atomic mass is 10.1. The van der Waals surface area contributed by atoms with Crippen molar-refractivity contribution in [3.63, 3.8) is 0 Å². The molecule has 9 nitrogen and oxygen atoms in total. The maximum atomic E-state index is 4.78. The number of pyridine rings is 3. The number of allylic oxidation sites excluding steroid dienone is 2. The zero-order valence-corrected chi connectivity index (χ0v) is 20.6. The highest BCUT2D eigenvalue weighted by Crippen LogP contribution is 2.29. The van der Waals surface area contributed by atoms with E-state index in [1.54, 1.807) is 0 Å². The molecule has 0 bridgehead atoms. The first-order chi connectivity index (χ1) is 17.1. The van der Waals surface area contributed by atoms with Crippen LogP contribution in [0.4, 0.5) is 22.5 Å². The molecule has 5 rings (SSSR count). The number of anilines is 4. The second-order valence-electron chi connectivity index (χ2n) is 8.25. The zero-order chi connectivity index (χ0) is 24.2. The van der Waals surface area contributed by atoms with E-state index in [1.165, 1.54) is 11.3 Å². The Morgan fingerprint density at radius 2 is 1.80 bits per heavy atom. The maximum Gasteiger partial charge on any atom is 0.190 e.